The quantitative estimate of drug-likeness (QED) is 0.771. The monoisotopic (exact) mass is 282 g/mol. The molecule has 0 saturated carbocycles. The lowest BCUT2D eigenvalue weighted by molar-refractivity contribution is 0.0994. The van der Waals surface area contributed by atoms with Crippen LogP contribution < -0.4 is 11.3 Å². The summed E-state index contributed by atoms with van der Waals surface area (Å²) in [5.74, 6) is -0.698. The molecule has 2 aromatic heterocycles. The fourth-order valence-corrected chi connectivity index (χ4v) is 1.89. The first-order valence-electron chi connectivity index (χ1n) is 6.06. The van der Waals surface area contributed by atoms with E-state index in [1.54, 1.807) is 24.3 Å². The summed E-state index contributed by atoms with van der Waals surface area (Å²) in [6, 6.07) is 11.2. The Kier molecular flexibility index (Phi) is 3.07. The van der Waals surface area contributed by atoms with E-state index in [4.69, 9.17) is 10.3 Å². The molecule has 7 nitrogen and oxygen atoms in total. The van der Waals surface area contributed by atoms with Crippen molar-refractivity contribution in [2.75, 3.05) is 0 Å². The van der Waals surface area contributed by atoms with E-state index >= 15 is 0 Å². The van der Waals surface area contributed by atoms with E-state index < -0.39 is 5.91 Å². The largest absolute Gasteiger partial charge is 0.364 e. The Balaban J connectivity index is 2.13. The molecule has 21 heavy (non-hydrogen) atoms. The Morgan fingerprint density at radius 2 is 2.05 bits per heavy atom. The Hall–Kier alpha value is -3.22. The van der Waals surface area contributed by atoms with Gasteiger partial charge in [-0.25, -0.2) is 0 Å². The lowest BCUT2D eigenvalue weighted by Crippen LogP contribution is -2.25. The zero-order valence-electron chi connectivity index (χ0n) is 10.8. The number of carbonyl (C=O) groups excluding carboxylic acids is 1. The first-order valence-corrected chi connectivity index (χ1v) is 6.06. The van der Waals surface area contributed by atoms with E-state index in [9.17, 15) is 9.59 Å². The van der Waals surface area contributed by atoms with Crippen LogP contribution >= 0.6 is 0 Å². The third-order valence-corrected chi connectivity index (χ3v) is 2.88. The lowest BCUT2D eigenvalue weighted by Gasteiger charge is -2.06. The zero-order valence-corrected chi connectivity index (χ0v) is 10.8. The van der Waals surface area contributed by atoms with Gasteiger partial charge in [0.1, 0.15) is 17.7 Å². The summed E-state index contributed by atoms with van der Waals surface area (Å²) < 4.78 is 5.91. The summed E-state index contributed by atoms with van der Waals surface area (Å²) in [5, 5.41) is 7.78. The van der Waals surface area contributed by atoms with Crippen LogP contribution in [0.25, 0.3) is 16.9 Å². The molecule has 7 heteroatoms. The van der Waals surface area contributed by atoms with Gasteiger partial charge in [-0.1, -0.05) is 17.3 Å². The van der Waals surface area contributed by atoms with Crippen LogP contribution in [0.4, 0.5) is 0 Å². The number of rotatable bonds is 3. The lowest BCUT2D eigenvalue weighted by atomic mass is 10.1. The molecule has 0 aliphatic carbocycles. The van der Waals surface area contributed by atoms with Crippen LogP contribution in [0.2, 0.25) is 0 Å². The van der Waals surface area contributed by atoms with Crippen molar-refractivity contribution < 1.29 is 9.32 Å². The van der Waals surface area contributed by atoms with Gasteiger partial charge in [0.25, 0.3) is 11.5 Å². The van der Waals surface area contributed by atoms with E-state index in [1.807, 2.05) is 6.07 Å². The van der Waals surface area contributed by atoms with E-state index in [0.29, 0.717) is 11.4 Å². The summed E-state index contributed by atoms with van der Waals surface area (Å²) in [7, 11) is 0. The predicted molar refractivity (Wildman–Crippen MR) is 73.8 cm³/mol. The molecule has 0 saturated heterocycles. The van der Waals surface area contributed by atoms with Crippen LogP contribution in [0, 0.1) is 0 Å². The summed E-state index contributed by atoms with van der Waals surface area (Å²) in [6.07, 6.45) is 1.46. The van der Waals surface area contributed by atoms with Crippen molar-refractivity contribution in [1.29, 1.82) is 0 Å². The SMILES string of the molecule is NC(=O)c1ccc(=O)n(-c2cccc(-c3ccon3)c2)n1. The Labute approximate surface area is 118 Å². The summed E-state index contributed by atoms with van der Waals surface area (Å²) in [5.41, 5.74) is 6.73. The predicted octanol–water partition coefficient (Wildman–Crippen LogP) is 0.986. The second-order valence-corrected chi connectivity index (χ2v) is 4.27. The normalized spacial score (nSPS) is 10.5. The second-order valence-electron chi connectivity index (χ2n) is 4.27. The number of carbonyl (C=O) groups is 1. The molecule has 0 spiro atoms. The van der Waals surface area contributed by atoms with Crippen molar-refractivity contribution in [3.05, 3.63) is 64.8 Å². The van der Waals surface area contributed by atoms with Gasteiger partial charge in [-0.3, -0.25) is 9.59 Å². The highest BCUT2D eigenvalue weighted by Crippen LogP contribution is 2.19. The molecule has 2 N–H and O–H groups in total. The fraction of sp³-hybridized carbons (Fsp3) is 0. The van der Waals surface area contributed by atoms with Crippen LogP contribution in [0.1, 0.15) is 10.5 Å². The molecule has 0 bridgehead atoms. The van der Waals surface area contributed by atoms with Crippen LogP contribution in [0.5, 0.6) is 0 Å². The minimum Gasteiger partial charge on any atom is -0.364 e. The average Bonchev–Trinajstić information content (AvgIpc) is 3.02. The van der Waals surface area contributed by atoms with Crippen molar-refractivity contribution >= 4 is 5.91 Å². The van der Waals surface area contributed by atoms with E-state index in [2.05, 4.69) is 10.3 Å². The number of amides is 1. The third kappa shape index (κ3) is 2.44. The Bertz CT molecular complexity index is 853. The van der Waals surface area contributed by atoms with Gasteiger partial charge < -0.3 is 10.3 Å². The van der Waals surface area contributed by atoms with Gasteiger partial charge in [0, 0.05) is 17.7 Å². The average molecular weight is 282 g/mol. The van der Waals surface area contributed by atoms with Crippen LogP contribution in [-0.2, 0) is 0 Å². The molecule has 3 aromatic rings. The summed E-state index contributed by atoms with van der Waals surface area (Å²) in [6.45, 7) is 0. The van der Waals surface area contributed by atoms with Gasteiger partial charge in [0.15, 0.2) is 0 Å². The molecule has 0 fully saturated rings. The molecular weight excluding hydrogens is 272 g/mol. The Morgan fingerprint density at radius 3 is 2.76 bits per heavy atom. The van der Waals surface area contributed by atoms with Gasteiger partial charge >= 0.3 is 0 Å². The molecular formula is C14H10N4O3. The highest BCUT2D eigenvalue weighted by molar-refractivity contribution is 5.90. The molecule has 2 heterocycles. The molecule has 0 aliphatic heterocycles. The molecule has 0 unspecified atom stereocenters. The molecule has 104 valence electrons. The van der Waals surface area contributed by atoms with E-state index in [1.165, 1.54) is 18.4 Å². The Morgan fingerprint density at radius 1 is 1.19 bits per heavy atom. The molecule has 0 atom stereocenters. The van der Waals surface area contributed by atoms with Gasteiger partial charge in [0.05, 0.1) is 5.69 Å². The van der Waals surface area contributed by atoms with Gasteiger partial charge in [-0.2, -0.15) is 9.78 Å². The second kappa shape index (κ2) is 5.04. The maximum absolute atomic E-state index is 11.9. The minimum atomic E-state index is -0.698. The number of primary amides is 1. The topological polar surface area (TPSA) is 104 Å². The first kappa shape index (κ1) is 12.8. The number of hydrogen-bond acceptors (Lipinski definition) is 5. The smallest absolute Gasteiger partial charge is 0.271 e. The molecule has 1 amide bonds. The number of nitrogens with zero attached hydrogens (tertiary/aromatic N) is 3. The molecule has 0 aliphatic rings. The molecule has 1 aromatic carbocycles. The maximum atomic E-state index is 11.9. The van der Waals surface area contributed by atoms with Crippen LogP contribution in [0.3, 0.4) is 0 Å². The first-order chi connectivity index (χ1) is 10.1. The number of nitrogens with two attached hydrogens (primary N) is 1. The van der Waals surface area contributed by atoms with E-state index in [-0.39, 0.29) is 11.3 Å². The molecule has 3 rings (SSSR count). The minimum absolute atomic E-state index is 0.0152. The van der Waals surface area contributed by atoms with Crippen molar-refractivity contribution in [2.24, 2.45) is 5.73 Å². The highest BCUT2D eigenvalue weighted by atomic mass is 16.5. The summed E-state index contributed by atoms with van der Waals surface area (Å²) >= 11 is 0. The van der Waals surface area contributed by atoms with Gasteiger partial charge in [-0.05, 0) is 18.2 Å². The van der Waals surface area contributed by atoms with Gasteiger partial charge in [-0.15, -0.1) is 0 Å². The number of benzene rings is 1. The van der Waals surface area contributed by atoms with Crippen molar-refractivity contribution in [2.45, 2.75) is 0 Å². The summed E-state index contributed by atoms with van der Waals surface area (Å²) in [4.78, 5) is 23.1. The zero-order chi connectivity index (χ0) is 14.8. The molecule has 0 radical (unpaired) electrons. The van der Waals surface area contributed by atoms with Crippen molar-refractivity contribution in [1.82, 2.24) is 14.9 Å². The number of hydrogen-bond donors (Lipinski definition) is 1. The van der Waals surface area contributed by atoms with Crippen LogP contribution in [-0.4, -0.2) is 20.8 Å². The maximum Gasteiger partial charge on any atom is 0.271 e. The highest BCUT2D eigenvalue weighted by Gasteiger charge is 2.09. The van der Waals surface area contributed by atoms with Gasteiger partial charge in [0.2, 0.25) is 0 Å². The number of aromatic nitrogens is 3. The fourth-order valence-electron chi connectivity index (χ4n) is 1.89. The van der Waals surface area contributed by atoms with Crippen molar-refractivity contribution in [3.8, 4) is 16.9 Å². The van der Waals surface area contributed by atoms with Crippen LogP contribution in [0.15, 0.2) is 58.0 Å². The van der Waals surface area contributed by atoms with Crippen molar-refractivity contribution in [3.63, 3.8) is 0 Å². The third-order valence-electron chi connectivity index (χ3n) is 2.88. The van der Waals surface area contributed by atoms with E-state index in [0.717, 1.165) is 10.2 Å². The standard InChI is InChI=1S/C14H10N4O3/c15-14(20)12-4-5-13(19)18(16-12)10-3-1-2-9(8-10)11-6-7-21-17-11/h1-8H,(H2,15,20).